The summed E-state index contributed by atoms with van der Waals surface area (Å²) >= 11 is 5.38. The Morgan fingerprint density at radius 1 is 1.10 bits per heavy atom. The van der Waals surface area contributed by atoms with E-state index in [0.717, 1.165) is 18.8 Å². The fraction of sp³-hybridized carbons (Fsp3) is 1.00. The van der Waals surface area contributed by atoms with Gasteiger partial charge >= 0.3 is 0 Å². The molecule has 0 aromatic carbocycles. The maximum Gasteiger partial charge on any atom is 0.0223 e. The molecular formula is C8H20ClN. The van der Waals surface area contributed by atoms with Gasteiger partial charge in [-0.05, 0) is 19.4 Å². The molecule has 0 rings (SSSR count). The molecule has 0 saturated carbocycles. The lowest BCUT2D eigenvalue weighted by atomic mass is 10.3. The summed E-state index contributed by atoms with van der Waals surface area (Å²) in [6.45, 7) is 5.05. The van der Waals surface area contributed by atoms with Crippen molar-refractivity contribution in [1.29, 1.82) is 0 Å². The van der Waals surface area contributed by atoms with E-state index in [1.807, 2.05) is 0 Å². The van der Waals surface area contributed by atoms with Gasteiger partial charge in [-0.2, -0.15) is 0 Å². The Balaban J connectivity index is 0. The van der Waals surface area contributed by atoms with E-state index in [2.05, 4.69) is 13.8 Å². The summed E-state index contributed by atoms with van der Waals surface area (Å²) < 4.78 is 0. The van der Waals surface area contributed by atoms with Crippen LogP contribution in [0, 0.1) is 0 Å². The van der Waals surface area contributed by atoms with E-state index in [0.29, 0.717) is 0 Å². The molecule has 2 heteroatoms. The monoisotopic (exact) mass is 165 g/mol. The number of hydrogen-bond acceptors (Lipinski definition) is 1. The zero-order valence-electron chi connectivity index (χ0n) is 7.20. The van der Waals surface area contributed by atoms with Crippen LogP contribution in [0.2, 0.25) is 0 Å². The summed E-state index contributed by atoms with van der Waals surface area (Å²) in [6, 6.07) is 0. The molecule has 10 heavy (non-hydrogen) atoms. The van der Waals surface area contributed by atoms with E-state index in [-0.39, 0.29) is 0 Å². The van der Waals surface area contributed by atoms with Crippen LogP contribution >= 0.6 is 11.6 Å². The van der Waals surface area contributed by atoms with Crippen molar-refractivity contribution in [2.75, 3.05) is 12.4 Å². The second-order valence-corrected chi connectivity index (χ2v) is 2.56. The standard InChI is InChI=1S/C5H11Cl.C3H9N/c1-2-3-4-5-6;1-2-3-4/h2-5H2,1H3;2-4H2,1H3. The van der Waals surface area contributed by atoms with Crippen molar-refractivity contribution in [2.45, 2.75) is 39.5 Å². The van der Waals surface area contributed by atoms with E-state index in [4.69, 9.17) is 17.3 Å². The summed E-state index contributed by atoms with van der Waals surface area (Å²) in [7, 11) is 0. The molecule has 0 spiro atoms. The van der Waals surface area contributed by atoms with Gasteiger partial charge < -0.3 is 5.73 Å². The third kappa shape index (κ3) is 24.0. The molecule has 0 atom stereocenters. The molecule has 0 heterocycles. The highest BCUT2D eigenvalue weighted by Gasteiger charge is 1.76. The first-order valence-corrected chi connectivity index (χ1v) is 4.62. The summed E-state index contributed by atoms with van der Waals surface area (Å²) in [6.07, 6.45) is 4.83. The highest BCUT2D eigenvalue weighted by molar-refractivity contribution is 6.17. The molecule has 1 nitrogen and oxygen atoms in total. The number of nitrogens with two attached hydrogens (primary N) is 1. The average Bonchev–Trinajstić information content (AvgIpc) is 2.01. The summed E-state index contributed by atoms with van der Waals surface area (Å²) in [5, 5.41) is 0. The SMILES string of the molecule is CCCCCCl.CCCN. The fourth-order valence-electron chi connectivity index (χ4n) is 0.344. The molecule has 0 aliphatic carbocycles. The zero-order valence-corrected chi connectivity index (χ0v) is 7.95. The molecule has 0 aromatic rings. The topological polar surface area (TPSA) is 26.0 Å². The van der Waals surface area contributed by atoms with Crippen molar-refractivity contribution in [3.63, 3.8) is 0 Å². The molecule has 0 aromatic heterocycles. The lowest BCUT2D eigenvalue weighted by Gasteiger charge is -1.84. The normalized spacial score (nSPS) is 8.40. The summed E-state index contributed by atoms with van der Waals surface area (Å²) in [5.74, 6) is 0.827. The van der Waals surface area contributed by atoms with Gasteiger partial charge in [0.15, 0.2) is 0 Å². The van der Waals surface area contributed by atoms with Crippen molar-refractivity contribution in [1.82, 2.24) is 0 Å². The molecule has 0 unspecified atom stereocenters. The highest BCUT2D eigenvalue weighted by atomic mass is 35.5. The molecule has 0 radical (unpaired) electrons. The Kier molecular flexibility index (Phi) is 20.8. The third-order valence-electron chi connectivity index (χ3n) is 1.03. The van der Waals surface area contributed by atoms with Gasteiger partial charge in [0, 0.05) is 5.88 Å². The number of unbranched alkanes of at least 4 members (excludes halogenated alkanes) is 2. The van der Waals surface area contributed by atoms with E-state index >= 15 is 0 Å². The first-order valence-electron chi connectivity index (χ1n) is 4.09. The van der Waals surface area contributed by atoms with Crippen molar-refractivity contribution < 1.29 is 0 Å². The molecule has 0 aliphatic rings. The van der Waals surface area contributed by atoms with Gasteiger partial charge in [0.05, 0.1) is 0 Å². The zero-order chi connectivity index (χ0) is 8.24. The minimum atomic E-state index is 0.819. The highest BCUT2D eigenvalue weighted by Crippen LogP contribution is 1.93. The van der Waals surface area contributed by atoms with Crippen molar-refractivity contribution in [3.8, 4) is 0 Å². The molecular weight excluding hydrogens is 146 g/mol. The van der Waals surface area contributed by atoms with Crippen LogP contribution in [0.4, 0.5) is 0 Å². The Hall–Kier alpha value is 0.250. The van der Waals surface area contributed by atoms with Crippen molar-refractivity contribution in [3.05, 3.63) is 0 Å². The van der Waals surface area contributed by atoms with Crippen LogP contribution in [0.25, 0.3) is 0 Å². The van der Waals surface area contributed by atoms with E-state index in [9.17, 15) is 0 Å². The second-order valence-electron chi connectivity index (χ2n) is 2.18. The van der Waals surface area contributed by atoms with Crippen LogP contribution in [0.15, 0.2) is 0 Å². The molecule has 0 aliphatic heterocycles. The number of rotatable bonds is 4. The lowest BCUT2D eigenvalue weighted by molar-refractivity contribution is 0.776. The largest absolute Gasteiger partial charge is 0.330 e. The second kappa shape index (κ2) is 16.1. The van der Waals surface area contributed by atoms with E-state index < -0.39 is 0 Å². The molecule has 0 amide bonds. The van der Waals surface area contributed by atoms with Gasteiger partial charge in [-0.1, -0.05) is 26.7 Å². The van der Waals surface area contributed by atoms with Crippen LogP contribution in [-0.2, 0) is 0 Å². The number of hydrogen-bond donors (Lipinski definition) is 1. The predicted octanol–water partition coefficient (Wildman–Crippen LogP) is 2.77. The van der Waals surface area contributed by atoms with Gasteiger partial charge in [-0.25, -0.2) is 0 Å². The minimum absolute atomic E-state index is 0.819. The Bertz CT molecular complexity index is 34.2. The van der Waals surface area contributed by atoms with Gasteiger partial charge in [-0.3, -0.25) is 0 Å². The van der Waals surface area contributed by atoms with E-state index in [1.165, 1.54) is 19.3 Å². The quantitative estimate of drug-likeness (QED) is 0.503. The summed E-state index contributed by atoms with van der Waals surface area (Å²) in [4.78, 5) is 0. The third-order valence-corrected chi connectivity index (χ3v) is 1.29. The van der Waals surface area contributed by atoms with Gasteiger partial charge in [-0.15, -0.1) is 11.6 Å². The van der Waals surface area contributed by atoms with Crippen LogP contribution < -0.4 is 5.73 Å². The van der Waals surface area contributed by atoms with Gasteiger partial charge in [0.1, 0.15) is 0 Å². The van der Waals surface area contributed by atoms with Crippen LogP contribution in [0.3, 0.4) is 0 Å². The average molecular weight is 166 g/mol. The molecule has 2 N–H and O–H groups in total. The van der Waals surface area contributed by atoms with Crippen LogP contribution in [0.1, 0.15) is 39.5 Å². The van der Waals surface area contributed by atoms with Crippen molar-refractivity contribution in [2.24, 2.45) is 5.73 Å². The van der Waals surface area contributed by atoms with Crippen LogP contribution in [-0.4, -0.2) is 12.4 Å². The van der Waals surface area contributed by atoms with Gasteiger partial charge in [0.2, 0.25) is 0 Å². The van der Waals surface area contributed by atoms with Crippen LogP contribution in [0.5, 0.6) is 0 Å². The predicted molar refractivity (Wildman–Crippen MR) is 49.6 cm³/mol. The summed E-state index contributed by atoms with van der Waals surface area (Å²) in [5.41, 5.74) is 5.03. The number of halogens is 1. The van der Waals surface area contributed by atoms with E-state index in [1.54, 1.807) is 0 Å². The van der Waals surface area contributed by atoms with Gasteiger partial charge in [0.25, 0.3) is 0 Å². The minimum Gasteiger partial charge on any atom is -0.330 e. The first kappa shape index (κ1) is 12.9. The van der Waals surface area contributed by atoms with Crippen molar-refractivity contribution >= 4 is 11.6 Å². The maximum absolute atomic E-state index is 5.38. The smallest absolute Gasteiger partial charge is 0.0223 e. The molecule has 0 fully saturated rings. The first-order chi connectivity index (χ1) is 4.83. The Morgan fingerprint density at radius 2 is 1.60 bits per heavy atom. The molecule has 0 bridgehead atoms. The molecule has 64 valence electrons. The Morgan fingerprint density at radius 3 is 1.70 bits per heavy atom. The maximum atomic E-state index is 5.38. The molecule has 0 saturated heterocycles. The lowest BCUT2D eigenvalue weighted by Crippen LogP contribution is -1.93. The number of alkyl halides is 1. The fourth-order valence-corrected chi connectivity index (χ4v) is 0.533. The Labute approximate surface area is 69.9 Å².